The molecule has 0 spiro atoms. The zero-order valence-corrected chi connectivity index (χ0v) is 21.8. The van der Waals surface area contributed by atoms with Crippen LogP contribution in [-0.4, -0.2) is 50.8 Å². The molecule has 37 heavy (non-hydrogen) atoms. The molecule has 1 atom stereocenters. The number of carbonyl (C=O) groups is 2. The zero-order chi connectivity index (χ0) is 26.7. The van der Waals surface area contributed by atoms with E-state index in [1.165, 1.54) is 4.90 Å². The summed E-state index contributed by atoms with van der Waals surface area (Å²) in [4.78, 5) is 54.2. The number of aromatic nitrogens is 3. The molecular formula is C27H29ClN4O5. The fourth-order valence-corrected chi connectivity index (χ4v) is 4.48. The van der Waals surface area contributed by atoms with Crippen molar-refractivity contribution in [3.63, 3.8) is 0 Å². The zero-order valence-electron chi connectivity index (χ0n) is 21.1. The summed E-state index contributed by atoms with van der Waals surface area (Å²) in [7, 11) is 0. The molecule has 0 aliphatic carbocycles. The highest BCUT2D eigenvalue weighted by Crippen LogP contribution is 2.20. The Hall–Kier alpha value is -3.72. The van der Waals surface area contributed by atoms with Crippen LogP contribution >= 0.6 is 11.6 Å². The molecular weight excluding hydrogens is 496 g/mol. The van der Waals surface area contributed by atoms with E-state index in [-0.39, 0.29) is 25.7 Å². The van der Waals surface area contributed by atoms with E-state index in [2.05, 4.69) is 5.10 Å². The van der Waals surface area contributed by atoms with Gasteiger partial charge in [-0.1, -0.05) is 47.5 Å². The summed E-state index contributed by atoms with van der Waals surface area (Å²) in [5.41, 5.74) is 1.02. The van der Waals surface area contributed by atoms with Gasteiger partial charge in [-0.2, -0.15) is 9.78 Å². The molecule has 2 aromatic carbocycles. The number of likely N-dealkylation sites (tertiary alicyclic amines) is 1. The first-order valence-corrected chi connectivity index (χ1v) is 12.6. The summed E-state index contributed by atoms with van der Waals surface area (Å²) in [6.45, 7) is 6.19. The molecule has 0 radical (unpaired) electrons. The third-order valence-electron chi connectivity index (χ3n) is 6.45. The SMILES string of the molecule is CCOC(=O)C1CCCN(C(=O)c2nn(-c3ccc(C)c(Cl)c3)c(=O)n(Cc3ccc(C)cc3)c2=O)C1. The minimum Gasteiger partial charge on any atom is -0.466 e. The van der Waals surface area contributed by atoms with Crippen LogP contribution in [0.25, 0.3) is 5.69 Å². The van der Waals surface area contributed by atoms with Gasteiger partial charge in [0.1, 0.15) is 0 Å². The predicted octanol–water partition coefficient (Wildman–Crippen LogP) is 3.13. The van der Waals surface area contributed by atoms with Crippen LogP contribution in [0.5, 0.6) is 0 Å². The van der Waals surface area contributed by atoms with E-state index >= 15 is 0 Å². The third-order valence-corrected chi connectivity index (χ3v) is 6.86. The maximum absolute atomic E-state index is 13.6. The first-order chi connectivity index (χ1) is 17.7. The standard InChI is InChI=1S/C27H29ClN4O5/c1-4-37-26(35)20-6-5-13-30(16-20)24(33)23-25(34)31(15-19-10-7-17(2)8-11-19)27(36)32(29-23)21-12-9-18(3)22(28)14-21/h7-12,14,20H,4-6,13,15-16H2,1-3H3. The summed E-state index contributed by atoms with van der Waals surface area (Å²) in [6.07, 6.45) is 1.18. The molecule has 1 amide bonds. The van der Waals surface area contributed by atoms with Gasteiger partial charge in [0.15, 0.2) is 0 Å². The van der Waals surface area contributed by atoms with E-state index in [1.807, 2.05) is 38.1 Å². The minimum atomic E-state index is -0.789. The largest absolute Gasteiger partial charge is 0.466 e. The van der Waals surface area contributed by atoms with Crippen LogP contribution in [-0.2, 0) is 16.1 Å². The van der Waals surface area contributed by atoms with Crippen LogP contribution in [0.3, 0.4) is 0 Å². The lowest BCUT2D eigenvalue weighted by Gasteiger charge is -2.31. The Bertz CT molecular complexity index is 1440. The maximum Gasteiger partial charge on any atom is 0.352 e. The fourth-order valence-electron chi connectivity index (χ4n) is 4.31. The Kier molecular flexibility index (Phi) is 7.92. The molecule has 1 aliphatic rings. The number of amides is 1. The number of aryl methyl sites for hydroxylation is 2. The number of esters is 1. The molecule has 0 N–H and O–H groups in total. The molecule has 0 saturated carbocycles. The average molecular weight is 525 g/mol. The van der Waals surface area contributed by atoms with Gasteiger partial charge in [-0.25, -0.2) is 4.79 Å². The van der Waals surface area contributed by atoms with E-state index in [0.717, 1.165) is 25.9 Å². The van der Waals surface area contributed by atoms with Crippen molar-refractivity contribution in [1.29, 1.82) is 0 Å². The summed E-state index contributed by atoms with van der Waals surface area (Å²) in [5, 5.41) is 4.64. The minimum absolute atomic E-state index is 0.0359. The highest BCUT2D eigenvalue weighted by molar-refractivity contribution is 6.31. The van der Waals surface area contributed by atoms with Gasteiger partial charge in [0.05, 0.1) is 24.8 Å². The molecule has 1 aliphatic heterocycles. The van der Waals surface area contributed by atoms with Gasteiger partial charge in [-0.3, -0.25) is 19.0 Å². The molecule has 2 heterocycles. The lowest BCUT2D eigenvalue weighted by Crippen LogP contribution is -2.49. The lowest BCUT2D eigenvalue weighted by molar-refractivity contribution is -0.149. The molecule has 3 aromatic rings. The summed E-state index contributed by atoms with van der Waals surface area (Å²) >= 11 is 6.30. The Morgan fingerprint density at radius 2 is 1.84 bits per heavy atom. The van der Waals surface area contributed by atoms with Crippen molar-refractivity contribution in [3.8, 4) is 5.69 Å². The van der Waals surface area contributed by atoms with Crippen molar-refractivity contribution < 1.29 is 14.3 Å². The van der Waals surface area contributed by atoms with E-state index in [4.69, 9.17) is 16.3 Å². The van der Waals surface area contributed by atoms with Crippen molar-refractivity contribution in [2.75, 3.05) is 19.7 Å². The van der Waals surface area contributed by atoms with Crippen molar-refractivity contribution in [2.45, 2.75) is 40.2 Å². The van der Waals surface area contributed by atoms with E-state index in [0.29, 0.717) is 30.1 Å². The van der Waals surface area contributed by atoms with Crippen LogP contribution < -0.4 is 11.2 Å². The number of hydrogen-bond donors (Lipinski definition) is 0. The average Bonchev–Trinajstić information content (AvgIpc) is 2.89. The predicted molar refractivity (Wildman–Crippen MR) is 139 cm³/mol. The van der Waals surface area contributed by atoms with Gasteiger partial charge in [0, 0.05) is 18.1 Å². The van der Waals surface area contributed by atoms with Crippen molar-refractivity contribution >= 4 is 23.5 Å². The molecule has 4 rings (SSSR count). The Morgan fingerprint density at radius 3 is 2.51 bits per heavy atom. The summed E-state index contributed by atoms with van der Waals surface area (Å²) in [6, 6.07) is 12.4. The third kappa shape index (κ3) is 5.67. The molecule has 1 aromatic heterocycles. The van der Waals surface area contributed by atoms with Gasteiger partial charge in [-0.05, 0) is 56.9 Å². The number of carbonyl (C=O) groups excluding carboxylic acids is 2. The Balaban J connectivity index is 1.80. The number of ether oxygens (including phenoxy) is 1. The normalized spacial score (nSPS) is 15.5. The monoisotopic (exact) mass is 524 g/mol. The first-order valence-electron chi connectivity index (χ1n) is 12.2. The van der Waals surface area contributed by atoms with Crippen LogP contribution in [0.15, 0.2) is 52.1 Å². The fraction of sp³-hybridized carbons (Fsp3) is 0.370. The molecule has 1 unspecified atom stereocenters. The molecule has 10 heteroatoms. The van der Waals surface area contributed by atoms with E-state index in [9.17, 15) is 19.2 Å². The van der Waals surface area contributed by atoms with Gasteiger partial charge < -0.3 is 9.64 Å². The van der Waals surface area contributed by atoms with Gasteiger partial charge in [-0.15, -0.1) is 0 Å². The first kappa shape index (κ1) is 26.3. The summed E-state index contributed by atoms with van der Waals surface area (Å²) in [5.74, 6) is -1.48. The molecule has 1 fully saturated rings. The van der Waals surface area contributed by atoms with Gasteiger partial charge >= 0.3 is 11.7 Å². The Morgan fingerprint density at radius 1 is 1.11 bits per heavy atom. The highest BCUT2D eigenvalue weighted by Gasteiger charge is 2.32. The summed E-state index contributed by atoms with van der Waals surface area (Å²) < 4.78 is 7.16. The van der Waals surface area contributed by atoms with Crippen LogP contribution in [0, 0.1) is 19.8 Å². The van der Waals surface area contributed by atoms with Crippen molar-refractivity contribution in [3.05, 3.63) is 90.7 Å². The van der Waals surface area contributed by atoms with Crippen LogP contribution in [0.1, 0.15) is 46.9 Å². The Labute approximate surface area is 219 Å². The second kappa shape index (κ2) is 11.1. The van der Waals surface area contributed by atoms with Gasteiger partial charge in [0.25, 0.3) is 11.5 Å². The number of hydrogen-bond acceptors (Lipinski definition) is 6. The van der Waals surface area contributed by atoms with Crippen LogP contribution in [0.4, 0.5) is 0 Å². The lowest BCUT2D eigenvalue weighted by atomic mass is 9.98. The van der Waals surface area contributed by atoms with Crippen molar-refractivity contribution in [2.24, 2.45) is 5.92 Å². The molecule has 1 saturated heterocycles. The number of halogens is 1. The number of benzene rings is 2. The molecule has 0 bridgehead atoms. The number of nitrogens with zero attached hydrogens (tertiary/aromatic N) is 4. The van der Waals surface area contributed by atoms with Gasteiger partial charge in [0.2, 0.25) is 5.69 Å². The highest BCUT2D eigenvalue weighted by atomic mass is 35.5. The molecule has 194 valence electrons. The van der Waals surface area contributed by atoms with E-state index < -0.39 is 28.8 Å². The second-order valence-electron chi connectivity index (χ2n) is 9.20. The second-order valence-corrected chi connectivity index (χ2v) is 9.60. The smallest absolute Gasteiger partial charge is 0.352 e. The molecule has 9 nitrogen and oxygen atoms in total. The topological polar surface area (TPSA) is 104 Å². The van der Waals surface area contributed by atoms with E-state index in [1.54, 1.807) is 25.1 Å². The number of rotatable bonds is 6. The van der Waals surface area contributed by atoms with Crippen LogP contribution in [0.2, 0.25) is 5.02 Å². The quantitative estimate of drug-likeness (QED) is 0.459. The van der Waals surface area contributed by atoms with Crippen molar-refractivity contribution in [1.82, 2.24) is 19.2 Å². The number of piperidine rings is 1. The maximum atomic E-state index is 13.6.